The van der Waals surface area contributed by atoms with Crippen LogP contribution in [0.15, 0.2) is 18.2 Å². The van der Waals surface area contributed by atoms with Gasteiger partial charge in [0.15, 0.2) is 0 Å². The molecule has 1 rings (SSSR count). The minimum absolute atomic E-state index is 0.140. The SMILES string of the molecule is CC(C)Oc1ccc(CCCNCCO)cc1N. The van der Waals surface area contributed by atoms with E-state index in [1.165, 1.54) is 5.56 Å². The van der Waals surface area contributed by atoms with Gasteiger partial charge >= 0.3 is 0 Å². The van der Waals surface area contributed by atoms with Crippen LogP contribution in [-0.4, -0.2) is 30.9 Å². The fraction of sp³-hybridized carbons (Fsp3) is 0.571. The zero-order valence-electron chi connectivity index (χ0n) is 11.3. The number of aliphatic hydroxyl groups excluding tert-OH is 1. The Morgan fingerprint density at radius 1 is 1.33 bits per heavy atom. The van der Waals surface area contributed by atoms with E-state index >= 15 is 0 Å². The third kappa shape index (κ3) is 5.38. The number of aliphatic hydroxyl groups is 1. The number of hydrogen-bond donors (Lipinski definition) is 3. The summed E-state index contributed by atoms with van der Waals surface area (Å²) in [6.07, 6.45) is 2.15. The lowest BCUT2D eigenvalue weighted by Gasteiger charge is -2.13. The average molecular weight is 252 g/mol. The third-order valence-electron chi connectivity index (χ3n) is 2.54. The fourth-order valence-electron chi connectivity index (χ4n) is 1.74. The molecule has 0 aliphatic carbocycles. The summed E-state index contributed by atoms with van der Waals surface area (Å²) < 4.78 is 5.59. The molecule has 0 radical (unpaired) electrons. The van der Waals surface area contributed by atoms with Crippen LogP contribution in [0.5, 0.6) is 5.75 Å². The highest BCUT2D eigenvalue weighted by atomic mass is 16.5. The lowest BCUT2D eigenvalue weighted by Crippen LogP contribution is -2.19. The summed E-state index contributed by atoms with van der Waals surface area (Å²) in [7, 11) is 0. The van der Waals surface area contributed by atoms with Gasteiger partial charge in [-0.1, -0.05) is 6.07 Å². The Morgan fingerprint density at radius 2 is 2.11 bits per heavy atom. The summed E-state index contributed by atoms with van der Waals surface area (Å²) in [4.78, 5) is 0. The molecule has 4 heteroatoms. The highest BCUT2D eigenvalue weighted by Gasteiger charge is 2.04. The Morgan fingerprint density at radius 3 is 2.72 bits per heavy atom. The molecule has 1 aromatic rings. The van der Waals surface area contributed by atoms with Gasteiger partial charge in [-0.05, 0) is 50.9 Å². The van der Waals surface area contributed by atoms with Crippen molar-refractivity contribution in [2.75, 3.05) is 25.4 Å². The standard InChI is InChI=1S/C14H24N2O2/c1-11(2)18-14-6-5-12(10-13(14)15)4-3-7-16-8-9-17/h5-6,10-11,16-17H,3-4,7-9,15H2,1-2H3. The number of rotatable bonds is 8. The molecule has 0 aromatic heterocycles. The first-order valence-corrected chi connectivity index (χ1v) is 6.50. The van der Waals surface area contributed by atoms with Crippen LogP contribution in [0.2, 0.25) is 0 Å². The maximum Gasteiger partial charge on any atom is 0.142 e. The van der Waals surface area contributed by atoms with Crippen LogP contribution in [-0.2, 0) is 6.42 Å². The van der Waals surface area contributed by atoms with E-state index in [9.17, 15) is 0 Å². The maximum atomic E-state index is 8.63. The lowest BCUT2D eigenvalue weighted by atomic mass is 10.1. The minimum atomic E-state index is 0.140. The maximum absolute atomic E-state index is 8.63. The molecule has 0 fully saturated rings. The molecule has 0 saturated carbocycles. The van der Waals surface area contributed by atoms with Crippen LogP contribution in [0.25, 0.3) is 0 Å². The van der Waals surface area contributed by atoms with Gasteiger partial charge in [-0.2, -0.15) is 0 Å². The Hall–Kier alpha value is -1.26. The van der Waals surface area contributed by atoms with Crippen molar-refractivity contribution < 1.29 is 9.84 Å². The smallest absolute Gasteiger partial charge is 0.142 e. The van der Waals surface area contributed by atoms with E-state index in [0.29, 0.717) is 12.2 Å². The first kappa shape index (κ1) is 14.8. The molecule has 0 heterocycles. The van der Waals surface area contributed by atoms with E-state index < -0.39 is 0 Å². The molecule has 18 heavy (non-hydrogen) atoms. The van der Waals surface area contributed by atoms with Crippen LogP contribution < -0.4 is 15.8 Å². The Kier molecular flexibility index (Phi) is 6.54. The van der Waals surface area contributed by atoms with Crippen LogP contribution in [0, 0.1) is 0 Å². The van der Waals surface area contributed by atoms with Gasteiger partial charge in [-0.3, -0.25) is 0 Å². The molecule has 102 valence electrons. The number of anilines is 1. The first-order chi connectivity index (χ1) is 8.63. The van der Waals surface area contributed by atoms with Crippen molar-refractivity contribution in [2.24, 2.45) is 0 Å². The van der Waals surface area contributed by atoms with Gasteiger partial charge in [-0.15, -0.1) is 0 Å². The Balaban J connectivity index is 2.41. The van der Waals surface area contributed by atoms with Gasteiger partial charge in [0.25, 0.3) is 0 Å². The summed E-state index contributed by atoms with van der Waals surface area (Å²) in [6.45, 7) is 5.72. The van der Waals surface area contributed by atoms with Gasteiger partial charge in [0.2, 0.25) is 0 Å². The summed E-state index contributed by atoms with van der Waals surface area (Å²) in [5.41, 5.74) is 7.86. The van der Waals surface area contributed by atoms with E-state index in [0.717, 1.165) is 25.1 Å². The normalized spacial score (nSPS) is 10.9. The van der Waals surface area contributed by atoms with Crippen molar-refractivity contribution in [3.63, 3.8) is 0 Å². The molecule has 0 aliphatic heterocycles. The molecule has 1 aromatic carbocycles. The number of nitrogens with two attached hydrogens (primary N) is 1. The molecule has 0 amide bonds. The zero-order chi connectivity index (χ0) is 13.4. The number of benzene rings is 1. The van der Waals surface area contributed by atoms with Crippen LogP contribution in [0.4, 0.5) is 5.69 Å². The summed E-state index contributed by atoms with van der Waals surface area (Å²) in [6, 6.07) is 5.97. The second kappa shape index (κ2) is 7.95. The molecule has 0 bridgehead atoms. The Labute approximate surface area is 109 Å². The quantitative estimate of drug-likeness (QED) is 0.485. The zero-order valence-corrected chi connectivity index (χ0v) is 11.3. The lowest BCUT2D eigenvalue weighted by molar-refractivity contribution is 0.244. The largest absolute Gasteiger partial charge is 0.489 e. The van der Waals surface area contributed by atoms with Gasteiger partial charge in [0.1, 0.15) is 5.75 Å². The minimum Gasteiger partial charge on any atom is -0.489 e. The first-order valence-electron chi connectivity index (χ1n) is 6.50. The van der Waals surface area contributed by atoms with Crippen molar-refractivity contribution in [3.05, 3.63) is 23.8 Å². The van der Waals surface area contributed by atoms with Crippen molar-refractivity contribution in [2.45, 2.75) is 32.8 Å². The second-order valence-electron chi connectivity index (χ2n) is 4.62. The molecule has 4 N–H and O–H groups in total. The van der Waals surface area contributed by atoms with Crippen LogP contribution in [0.3, 0.4) is 0 Å². The van der Waals surface area contributed by atoms with Gasteiger partial charge < -0.3 is 20.9 Å². The highest BCUT2D eigenvalue weighted by Crippen LogP contribution is 2.24. The molecule has 4 nitrogen and oxygen atoms in total. The molecule has 0 unspecified atom stereocenters. The summed E-state index contributed by atoms with van der Waals surface area (Å²) >= 11 is 0. The Bertz CT molecular complexity index is 354. The second-order valence-corrected chi connectivity index (χ2v) is 4.62. The van der Waals surface area contributed by atoms with E-state index in [2.05, 4.69) is 11.4 Å². The van der Waals surface area contributed by atoms with E-state index in [4.69, 9.17) is 15.6 Å². The number of ether oxygens (including phenoxy) is 1. The number of hydrogen-bond acceptors (Lipinski definition) is 4. The van der Waals surface area contributed by atoms with Crippen LogP contribution in [0.1, 0.15) is 25.8 Å². The van der Waals surface area contributed by atoms with Crippen molar-refractivity contribution in [3.8, 4) is 5.75 Å². The predicted molar refractivity (Wildman–Crippen MR) is 74.9 cm³/mol. The number of aryl methyl sites for hydroxylation is 1. The van der Waals surface area contributed by atoms with Crippen molar-refractivity contribution in [1.29, 1.82) is 0 Å². The van der Waals surface area contributed by atoms with E-state index in [1.54, 1.807) is 0 Å². The molecule has 0 saturated heterocycles. The molecular formula is C14H24N2O2. The van der Waals surface area contributed by atoms with E-state index in [1.807, 2.05) is 26.0 Å². The molecule has 0 atom stereocenters. The molecule has 0 aliphatic rings. The molecule has 0 spiro atoms. The van der Waals surface area contributed by atoms with Crippen molar-refractivity contribution >= 4 is 5.69 Å². The monoisotopic (exact) mass is 252 g/mol. The summed E-state index contributed by atoms with van der Waals surface area (Å²) in [5.74, 6) is 0.757. The molecular weight excluding hydrogens is 228 g/mol. The third-order valence-corrected chi connectivity index (χ3v) is 2.54. The topological polar surface area (TPSA) is 67.5 Å². The van der Waals surface area contributed by atoms with E-state index in [-0.39, 0.29) is 12.7 Å². The number of nitrogen functional groups attached to an aromatic ring is 1. The average Bonchev–Trinajstić information content (AvgIpc) is 2.32. The van der Waals surface area contributed by atoms with Crippen LogP contribution >= 0.6 is 0 Å². The van der Waals surface area contributed by atoms with Gasteiger partial charge in [-0.25, -0.2) is 0 Å². The van der Waals surface area contributed by atoms with Gasteiger partial charge in [0, 0.05) is 6.54 Å². The predicted octanol–water partition coefficient (Wildman–Crippen LogP) is 1.57. The summed E-state index contributed by atoms with van der Waals surface area (Å²) in [5, 5.41) is 11.8. The van der Waals surface area contributed by atoms with Gasteiger partial charge in [0.05, 0.1) is 18.4 Å². The highest BCUT2D eigenvalue weighted by molar-refractivity contribution is 5.54. The fourth-order valence-corrected chi connectivity index (χ4v) is 1.74. The number of nitrogens with one attached hydrogen (secondary N) is 1. The van der Waals surface area contributed by atoms with Crippen molar-refractivity contribution in [1.82, 2.24) is 5.32 Å².